The molecule has 138 valence electrons. The highest BCUT2D eigenvalue weighted by Crippen LogP contribution is 2.21. The third kappa shape index (κ3) is 4.29. The molecule has 3 rings (SSSR count). The molecule has 0 aliphatic carbocycles. The summed E-state index contributed by atoms with van der Waals surface area (Å²) in [7, 11) is 1.68. The number of carbonyl (C=O) groups excluding carboxylic acids is 1. The van der Waals surface area contributed by atoms with E-state index < -0.39 is 0 Å². The van der Waals surface area contributed by atoms with Crippen LogP contribution in [0.3, 0.4) is 0 Å². The van der Waals surface area contributed by atoms with E-state index in [-0.39, 0.29) is 11.9 Å². The first kappa shape index (κ1) is 18.1. The lowest BCUT2D eigenvalue weighted by Gasteiger charge is -2.16. The van der Waals surface area contributed by atoms with E-state index >= 15 is 0 Å². The Bertz CT molecular complexity index is 841. The molecule has 1 aromatic carbocycles. The highest BCUT2D eigenvalue weighted by molar-refractivity contribution is 5.78. The highest BCUT2D eigenvalue weighted by Gasteiger charge is 2.18. The summed E-state index contributed by atoms with van der Waals surface area (Å²) < 4.78 is 9.18. The molecule has 3 aromatic rings. The van der Waals surface area contributed by atoms with Crippen LogP contribution in [0.2, 0.25) is 0 Å². The molecule has 0 spiro atoms. The molecule has 1 unspecified atom stereocenters. The maximum atomic E-state index is 12.3. The SMILES string of the molecule is COCCn1c(C(C)NC(=O)CCCn2cccn2)nc2ccccc21. The fraction of sp³-hybridized carbons (Fsp3) is 0.421. The van der Waals surface area contributed by atoms with Crippen LogP contribution in [0.5, 0.6) is 0 Å². The second-order valence-electron chi connectivity index (χ2n) is 6.27. The van der Waals surface area contributed by atoms with E-state index in [1.54, 1.807) is 13.3 Å². The summed E-state index contributed by atoms with van der Waals surface area (Å²) in [6.07, 6.45) is 4.86. The Morgan fingerprint density at radius 2 is 2.12 bits per heavy atom. The third-order valence-electron chi connectivity index (χ3n) is 4.32. The average Bonchev–Trinajstić information content (AvgIpc) is 3.27. The number of ether oxygens (including phenoxy) is 1. The minimum absolute atomic E-state index is 0.0232. The van der Waals surface area contributed by atoms with E-state index in [9.17, 15) is 4.79 Å². The Kier molecular flexibility index (Phi) is 6.01. The van der Waals surface area contributed by atoms with Gasteiger partial charge in [-0.25, -0.2) is 4.98 Å². The van der Waals surface area contributed by atoms with Crippen LogP contribution in [-0.4, -0.2) is 39.0 Å². The number of benzene rings is 1. The standard InChI is InChI=1S/C19H25N5O2/c1-15(21-18(25)9-5-11-23-12-6-10-20-23)19-22-16-7-3-4-8-17(16)24(19)13-14-26-2/h3-4,6-8,10,12,15H,5,9,11,13-14H2,1-2H3,(H,21,25). The Hall–Kier alpha value is -2.67. The number of imidazole rings is 1. The molecule has 1 N–H and O–H groups in total. The first-order valence-electron chi connectivity index (χ1n) is 8.90. The summed E-state index contributed by atoms with van der Waals surface area (Å²) in [5, 5.41) is 7.21. The number of methoxy groups -OCH3 is 1. The molecule has 7 heteroatoms. The zero-order chi connectivity index (χ0) is 18.4. The van der Waals surface area contributed by atoms with Crippen LogP contribution < -0.4 is 5.32 Å². The number of hydrogen-bond donors (Lipinski definition) is 1. The van der Waals surface area contributed by atoms with Crippen molar-refractivity contribution in [1.29, 1.82) is 0 Å². The molecule has 0 saturated carbocycles. The maximum absolute atomic E-state index is 12.3. The number of hydrogen-bond acceptors (Lipinski definition) is 4. The Balaban J connectivity index is 1.64. The third-order valence-corrected chi connectivity index (χ3v) is 4.32. The van der Waals surface area contributed by atoms with Crippen molar-refractivity contribution in [2.75, 3.05) is 13.7 Å². The molecule has 0 bridgehead atoms. The Labute approximate surface area is 153 Å². The second kappa shape index (κ2) is 8.62. The molecule has 7 nitrogen and oxygen atoms in total. The summed E-state index contributed by atoms with van der Waals surface area (Å²) in [5.41, 5.74) is 1.98. The zero-order valence-corrected chi connectivity index (χ0v) is 15.3. The van der Waals surface area contributed by atoms with Gasteiger partial charge in [0.25, 0.3) is 0 Å². The van der Waals surface area contributed by atoms with Crippen molar-refractivity contribution in [3.05, 3.63) is 48.5 Å². The van der Waals surface area contributed by atoms with E-state index in [0.29, 0.717) is 19.6 Å². The van der Waals surface area contributed by atoms with Crippen LogP contribution in [0.4, 0.5) is 0 Å². The predicted octanol–water partition coefficient (Wildman–Crippen LogP) is 2.54. The van der Waals surface area contributed by atoms with E-state index in [1.807, 2.05) is 48.1 Å². The van der Waals surface area contributed by atoms with Gasteiger partial charge in [-0.05, 0) is 31.5 Å². The van der Waals surface area contributed by atoms with Gasteiger partial charge in [0.15, 0.2) is 0 Å². The molecule has 0 radical (unpaired) electrons. The summed E-state index contributed by atoms with van der Waals surface area (Å²) >= 11 is 0. The number of amides is 1. The van der Waals surface area contributed by atoms with Crippen LogP contribution in [0.15, 0.2) is 42.7 Å². The smallest absolute Gasteiger partial charge is 0.220 e. The monoisotopic (exact) mass is 355 g/mol. The van der Waals surface area contributed by atoms with Gasteiger partial charge in [0.05, 0.1) is 23.7 Å². The van der Waals surface area contributed by atoms with Crippen molar-refractivity contribution in [2.45, 2.75) is 38.9 Å². The predicted molar refractivity (Wildman–Crippen MR) is 99.6 cm³/mol. The van der Waals surface area contributed by atoms with Crippen molar-refractivity contribution in [1.82, 2.24) is 24.6 Å². The van der Waals surface area contributed by atoms with Crippen molar-refractivity contribution >= 4 is 16.9 Å². The summed E-state index contributed by atoms with van der Waals surface area (Å²) in [4.78, 5) is 17.0. The number of fused-ring (bicyclic) bond motifs is 1. The quantitative estimate of drug-likeness (QED) is 0.640. The van der Waals surface area contributed by atoms with Crippen LogP contribution >= 0.6 is 0 Å². The molecular formula is C19H25N5O2. The number of carbonyl (C=O) groups is 1. The highest BCUT2D eigenvalue weighted by atomic mass is 16.5. The maximum Gasteiger partial charge on any atom is 0.220 e. The second-order valence-corrected chi connectivity index (χ2v) is 6.27. The van der Waals surface area contributed by atoms with E-state index in [2.05, 4.69) is 15.0 Å². The van der Waals surface area contributed by atoms with Gasteiger partial charge in [-0.15, -0.1) is 0 Å². The van der Waals surface area contributed by atoms with Gasteiger partial charge in [-0.2, -0.15) is 5.10 Å². The van der Waals surface area contributed by atoms with Crippen molar-refractivity contribution in [3.63, 3.8) is 0 Å². The number of aryl methyl sites for hydroxylation is 1. The first-order chi connectivity index (χ1) is 12.7. The number of rotatable bonds is 9. The minimum atomic E-state index is -0.170. The fourth-order valence-electron chi connectivity index (χ4n) is 3.05. The Morgan fingerprint density at radius 3 is 2.88 bits per heavy atom. The molecule has 1 amide bonds. The summed E-state index contributed by atoms with van der Waals surface area (Å²) in [6, 6.07) is 9.71. The van der Waals surface area contributed by atoms with Crippen molar-refractivity contribution in [3.8, 4) is 0 Å². The van der Waals surface area contributed by atoms with Crippen LogP contribution in [0.25, 0.3) is 11.0 Å². The average molecular weight is 355 g/mol. The Morgan fingerprint density at radius 1 is 1.27 bits per heavy atom. The summed E-state index contributed by atoms with van der Waals surface area (Å²) in [6.45, 7) is 4.00. The summed E-state index contributed by atoms with van der Waals surface area (Å²) in [5.74, 6) is 0.874. The molecular weight excluding hydrogens is 330 g/mol. The number of para-hydroxylation sites is 2. The molecule has 2 aromatic heterocycles. The molecule has 2 heterocycles. The van der Waals surface area contributed by atoms with Gasteiger partial charge >= 0.3 is 0 Å². The zero-order valence-electron chi connectivity index (χ0n) is 15.3. The minimum Gasteiger partial charge on any atom is -0.383 e. The van der Waals surface area contributed by atoms with Gasteiger partial charge in [0.1, 0.15) is 5.82 Å². The van der Waals surface area contributed by atoms with E-state index in [1.165, 1.54) is 0 Å². The first-order valence-corrected chi connectivity index (χ1v) is 8.90. The van der Waals surface area contributed by atoms with Gasteiger partial charge in [0, 0.05) is 39.0 Å². The lowest BCUT2D eigenvalue weighted by atomic mass is 10.2. The molecule has 0 aliphatic heterocycles. The topological polar surface area (TPSA) is 74.0 Å². The molecule has 26 heavy (non-hydrogen) atoms. The normalized spacial score (nSPS) is 12.4. The van der Waals surface area contributed by atoms with Gasteiger partial charge < -0.3 is 14.6 Å². The lowest BCUT2D eigenvalue weighted by Crippen LogP contribution is -2.29. The van der Waals surface area contributed by atoms with Gasteiger partial charge in [0.2, 0.25) is 5.91 Å². The van der Waals surface area contributed by atoms with E-state index in [0.717, 1.165) is 29.8 Å². The molecule has 0 fully saturated rings. The van der Waals surface area contributed by atoms with Gasteiger partial charge in [-0.3, -0.25) is 9.48 Å². The number of aromatic nitrogens is 4. The van der Waals surface area contributed by atoms with Crippen LogP contribution in [0.1, 0.15) is 31.6 Å². The van der Waals surface area contributed by atoms with Crippen LogP contribution in [0, 0.1) is 0 Å². The molecule has 0 saturated heterocycles. The van der Waals surface area contributed by atoms with Crippen LogP contribution in [-0.2, 0) is 22.6 Å². The van der Waals surface area contributed by atoms with Gasteiger partial charge in [-0.1, -0.05) is 12.1 Å². The van der Waals surface area contributed by atoms with Crippen molar-refractivity contribution in [2.24, 2.45) is 0 Å². The van der Waals surface area contributed by atoms with Crippen molar-refractivity contribution < 1.29 is 9.53 Å². The van der Waals surface area contributed by atoms with E-state index in [4.69, 9.17) is 9.72 Å². The molecule has 1 atom stereocenters. The molecule has 0 aliphatic rings. The largest absolute Gasteiger partial charge is 0.383 e. The number of nitrogens with zero attached hydrogens (tertiary/aromatic N) is 4. The lowest BCUT2D eigenvalue weighted by molar-refractivity contribution is -0.121. The fourth-order valence-corrected chi connectivity index (χ4v) is 3.05. The number of nitrogens with one attached hydrogen (secondary N) is 1.